The first-order valence-corrected chi connectivity index (χ1v) is 6.52. The van der Waals surface area contributed by atoms with Crippen LogP contribution in [0.3, 0.4) is 0 Å². The normalized spacial score (nSPS) is 12.8. The molecule has 0 saturated carbocycles. The second-order valence-corrected chi connectivity index (χ2v) is 4.37. The number of ketones is 1. The summed E-state index contributed by atoms with van der Waals surface area (Å²) >= 11 is 0. The van der Waals surface area contributed by atoms with Crippen LogP contribution in [-0.2, 0) is 4.79 Å². The fourth-order valence-electron chi connectivity index (χ4n) is 1.91. The van der Waals surface area contributed by atoms with Gasteiger partial charge in [-0.1, -0.05) is 56.3 Å². The van der Waals surface area contributed by atoms with Gasteiger partial charge in [0.2, 0.25) is 0 Å². The van der Waals surface area contributed by atoms with E-state index in [0.29, 0.717) is 5.78 Å². The van der Waals surface area contributed by atoms with Crippen molar-refractivity contribution < 1.29 is 4.79 Å². The third kappa shape index (κ3) is 4.99. The quantitative estimate of drug-likeness (QED) is 0.674. The molecule has 0 aromatic heterocycles. The molecule has 0 fully saturated rings. The van der Waals surface area contributed by atoms with Crippen LogP contribution in [0.1, 0.15) is 45.1 Å². The van der Waals surface area contributed by atoms with Gasteiger partial charge in [-0.3, -0.25) is 4.79 Å². The van der Waals surface area contributed by atoms with Gasteiger partial charge in [0.25, 0.3) is 0 Å². The fraction of sp³-hybridized carbons (Fsp3) is 0.438. The molecule has 92 valence electrons. The van der Waals surface area contributed by atoms with Gasteiger partial charge < -0.3 is 0 Å². The van der Waals surface area contributed by atoms with Crippen LogP contribution >= 0.6 is 0 Å². The molecule has 0 spiro atoms. The van der Waals surface area contributed by atoms with Gasteiger partial charge in [-0.05, 0) is 24.8 Å². The molecule has 0 N–H and O–H groups in total. The lowest BCUT2D eigenvalue weighted by Gasteiger charge is -2.10. The van der Waals surface area contributed by atoms with E-state index in [2.05, 4.69) is 38.1 Å². The maximum Gasteiger partial charge on any atom is 0.136 e. The molecule has 0 radical (unpaired) electrons. The Hall–Kier alpha value is -1.37. The van der Waals surface area contributed by atoms with Crippen molar-refractivity contribution >= 4 is 11.9 Å². The van der Waals surface area contributed by atoms with Crippen LogP contribution in [0, 0.1) is 5.92 Å². The average molecular weight is 230 g/mol. The number of Topliss-reactive ketones (excluding diaryl/α,β-unsaturated/α-hetero) is 1. The van der Waals surface area contributed by atoms with E-state index in [0.717, 1.165) is 25.7 Å². The summed E-state index contributed by atoms with van der Waals surface area (Å²) in [5.74, 6) is 0.614. The smallest absolute Gasteiger partial charge is 0.136 e. The van der Waals surface area contributed by atoms with Crippen molar-refractivity contribution in [1.82, 2.24) is 0 Å². The highest BCUT2D eigenvalue weighted by atomic mass is 16.1. The molecule has 1 heteroatoms. The number of hydrogen-bond donors (Lipinski definition) is 0. The minimum atomic E-state index is 0.204. The second-order valence-electron chi connectivity index (χ2n) is 4.37. The number of hydrogen-bond acceptors (Lipinski definition) is 1. The van der Waals surface area contributed by atoms with Crippen molar-refractivity contribution in [1.29, 1.82) is 0 Å². The standard InChI is InChI=1S/C16H22O/c1-3-9-16(17)15(4-2)13-8-12-14-10-6-5-7-11-14/h5-8,10-12,15H,3-4,9,13H2,1-2H3/b12-8+. The highest BCUT2D eigenvalue weighted by Crippen LogP contribution is 2.14. The van der Waals surface area contributed by atoms with Gasteiger partial charge in [-0.25, -0.2) is 0 Å². The van der Waals surface area contributed by atoms with E-state index in [1.165, 1.54) is 5.56 Å². The summed E-state index contributed by atoms with van der Waals surface area (Å²) in [6, 6.07) is 10.2. The van der Waals surface area contributed by atoms with Crippen molar-refractivity contribution in [3.8, 4) is 0 Å². The average Bonchev–Trinajstić information content (AvgIpc) is 2.36. The van der Waals surface area contributed by atoms with Gasteiger partial charge in [-0.15, -0.1) is 0 Å². The molecular formula is C16H22O. The van der Waals surface area contributed by atoms with Crippen LogP contribution in [0.15, 0.2) is 36.4 Å². The summed E-state index contributed by atoms with van der Waals surface area (Å²) < 4.78 is 0. The maximum atomic E-state index is 11.8. The van der Waals surface area contributed by atoms with Gasteiger partial charge in [0, 0.05) is 12.3 Å². The molecule has 0 amide bonds. The lowest BCUT2D eigenvalue weighted by atomic mass is 9.94. The Kier molecular flexibility index (Phi) is 6.31. The van der Waals surface area contributed by atoms with Crippen molar-refractivity contribution in [2.75, 3.05) is 0 Å². The van der Waals surface area contributed by atoms with E-state index in [1.54, 1.807) is 0 Å². The highest BCUT2D eigenvalue weighted by Gasteiger charge is 2.13. The predicted molar refractivity (Wildman–Crippen MR) is 73.8 cm³/mol. The maximum absolute atomic E-state index is 11.8. The Labute approximate surface area is 105 Å². The minimum Gasteiger partial charge on any atom is -0.299 e. The largest absolute Gasteiger partial charge is 0.299 e. The Morgan fingerprint density at radius 2 is 1.94 bits per heavy atom. The highest BCUT2D eigenvalue weighted by molar-refractivity contribution is 5.81. The predicted octanol–water partition coefficient (Wildman–Crippen LogP) is 4.49. The summed E-state index contributed by atoms with van der Waals surface area (Å²) in [4.78, 5) is 11.8. The van der Waals surface area contributed by atoms with E-state index in [-0.39, 0.29) is 5.92 Å². The number of rotatable bonds is 7. The summed E-state index contributed by atoms with van der Waals surface area (Å²) in [6.07, 6.45) is 7.70. The fourth-order valence-corrected chi connectivity index (χ4v) is 1.91. The van der Waals surface area contributed by atoms with Crippen molar-refractivity contribution in [2.24, 2.45) is 5.92 Å². The van der Waals surface area contributed by atoms with E-state index in [4.69, 9.17) is 0 Å². The first-order chi connectivity index (χ1) is 8.27. The molecular weight excluding hydrogens is 208 g/mol. The molecule has 0 aliphatic carbocycles. The lowest BCUT2D eigenvalue weighted by molar-refractivity contribution is -0.122. The summed E-state index contributed by atoms with van der Waals surface area (Å²) in [6.45, 7) is 4.15. The molecule has 1 atom stereocenters. The Morgan fingerprint density at radius 3 is 2.53 bits per heavy atom. The zero-order valence-electron chi connectivity index (χ0n) is 10.9. The van der Waals surface area contributed by atoms with E-state index >= 15 is 0 Å². The van der Waals surface area contributed by atoms with Crippen LogP contribution in [0.25, 0.3) is 6.08 Å². The molecule has 0 aliphatic rings. The number of carbonyl (C=O) groups excluding carboxylic acids is 1. The first-order valence-electron chi connectivity index (χ1n) is 6.52. The van der Waals surface area contributed by atoms with Crippen molar-refractivity contribution in [3.63, 3.8) is 0 Å². The monoisotopic (exact) mass is 230 g/mol. The molecule has 1 aromatic rings. The SMILES string of the molecule is CCCC(=O)C(CC)C/C=C/c1ccccc1. The topological polar surface area (TPSA) is 17.1 Å². The van der Waals surface area contributed by atoms with E-state index in [1.807, 2.05) is 18.2 Å². The van der Waals surface area contributed by atoms with Gasteiger partial charge in [-0.2, -0.15) is 0 Å². The molecule has 1 aromatic carbocycles. The van der Waals surface area contributed by atoms with Crippen LogP contribution in [-0.4, -0.2) is 5.78 Å². The van der Waals surface area contributed by atoms with Crippen LogP contribution in [0.4, 0.5) is 0 Å². The van der Waals surface area contributed by atoms with Gasteiger partial charge in [0.1, 0.15) is 5.78 Å². The lowest BCUT2D eigenvalue weighted by Crippen LogP contribution is -2.12. The van der Waals surface area contributed by atoms with Crippen LogP contribution < -0.4 is 0 Å². The van der Waals surface area contributed by atoms with Crippen LogP contribution in [0.2, 0.25) is 0 Å². The Balaban J connectivity index is 2.48. The summed E-state index contributed by atoms with van der Waals surface area (Å²) in [5, 5.41) is 0. The van der Waals surface area contributed by atoms with Gasteiger partial charge in [0.15, 0.2) is 0 Å². The van der Waals surface area contributed by atoms with E-state index < -0.39 is 0 Å². The van der Waals surface area contributed by atoms with E-state index in [9.17, 15) is 4.79 Å². The first kappa shape index (κ1) is 13.7. The molecule has 1 nitrogen and oxygen atoms in total. The molecule has 1 unspecified atom stereocenters. The number of allylic oxidation sites excluding steroid dienone is 1. The molecule has 0 bridgehead atoms. The van der Waals surface area contributed by atoms with Crippen LogP contribution in [0.5, 0.6) is 0 Å². The second kappa shape index (κ2) is 7.83. The third-order valence-electron chi connectivity index (χ3n) is 2.98. The van der Waals surface area contributed by atoms with Crippen molar-refractivity contribution in [2.45, 2.75) is 39.5 Å². The van der Waals surface area contributed by atoms with Gasteiger partial charge >= 0.3 is 0 Å². The molecule has 17 heavy (non-hydrogen) atoms. The zero-order valence-corrected chi connectivity index (χ0v) is 10.9. The molecule has 0 saturated heterocycles. The summed E-state index contributed by atoms with van der Waals surface area (Å²) in [7, 11) is 0. The van der Waals surface area contributed by atoms with Crippen molar-refractivity contribution in [3.05, 3.63) is 42.0 Å². The minimum absolute atomic E-state index is 0.204. The number of benzene rings is 1. The number of carbonyl (C=O) groups is 1. The molecule has 0 aliphatic heterocycles. The Bertz CT molecular complexity index is 351. The Morgan fingerprint density at radius 1 is 1.24 bits per heavy atom. The van der Waals surface area contributed by atoms with Gasteiger partial charge in [0.05, 0.1) is 0 Å². The third-order valence-corrected chi connectivity index (χ3v) is 2.98. The molecule has 0 heterocycles. The zero-order chi connectivity index (χ0) is 12.5. The molecule has 1 rings (SSSR count). The summed E-state index contributed by atoms with van der Waals surface area (Å²) in [5.41, 5.74) is 1.20.